The molecular formula is C16H19N3. The van der Waals surface area contributed by atoms with Crippen LogP contribution < -0.4 is 10.2 Å². The van der Waals surface area contributed by atoms with Gasteiger partial charge < -0.3 is 10.2 Å². The van der Waals surface area contributed by atoms with Gasteiger partial charge in [-0.05, 0) is 49.2 Å². The zero-order chi connectivity index (χ0) is 12.9. The van der Waals surface area contributed by atoms with Crippen molar-refractivity contribution in [1.29, 1.82) is 0 Å². The molecule has 0 amide bonds. The molecule has 3 heteroatoms. The lowest BCUT2D eigenvalue weighted by Crippen LogP contribution is -2.17. The molecule has 1 aromatic carbocycles. The van der Waals surface area contributed by atoms with Crippen LogP contribution in [-0.2, 0) is 6.54 Å². The van der Waals surface area contributed by atoms with Gasteiger partial charge in [-0.3, -0.25) is 4.98 Å². The summed E-state index contributed by atoms with van der Waals surface area (Å²) < 4.78 is 0. The summed E-state index contributed by atoms with van der Waals surface area (Å²) in [5.74, 6) is 0. The van der Waals surface area contributed by atoms with E-state index < -0.39 is 0 Å². The van der Waals surface area contributed by atoms with Gasteiger partial charge in [-0.2, -0.15) is 0 Å². The Morgan fingerprint density at radius 2 is 1.79 bits per heavy atom. The molecule has 0 radical (unpaired) electrons. The molecule has 98 valence electrons. The summed E-state index contributed by atoms with van der Waals surface area (Å²) in [5.41, 5.74) is 3.54. The highest BCUT2D eigenvalue weighted by Crippen LogP contribution is 2.22. The van der Waals surface area contributed by atoms with E-state index in [1.165, 1.54) is 31.6 Å². The zero-order valence-electron chi connectivity index (χ0n) is 11.0. The molecule has 0 saturated carbocycles. The van der Waals surface area contributed by atoms with Crippen molar-refractivity contribution in [3.63, 3.8) is 0 Å². The van der Waals surface area contributed by atoms with E-state index in [-0.39, 0.29) is 0 Å². The van der Waals surface area contributed by atoms with E-state index in [0.29, 0.717) is 0 Å². The topological polar surface area (TPSA) is 28.2 Å². The van der Waals surface area contributed by atoms with Crippen molar-refractivity contribution in [2.75, 3.05) is 23.3 Å². The summed E-state index contributed by atoms with van der Waals surface area (Å²) in [4.78, 5) is 6.75. The summed E-state index contributed by atoms with van der Waals surface area (Å²) >= 11 is 0. The quantitative estimate of drug-likeness (QED) is 0.906. The van der Waals surface area contributed by atoms with E-state index in [2.05, 4.69) is 39.5 Å². The molecule has 1 N–H and O–H groups in total. The Balaban J connectivity index is 1.60. The predicted molar refractivity (Wildman–Crippen MR) is 79.5 cm³/mol. The summed E-state index contributed by atoms with van der Waals surface area (Å²) in [6.07, 6.45) is 4.47. The van der Waals surface area contributed by atoms with Crippen molar-refractivity contribution in [1.82, 2.24) is 4.98 Å². The highest BCUT2D eigenvalue weighted by Gasteiger charge is 2.11. The van der Waals surface area contributed by atoms with Gasteiger partial charge in [0, 0.05) is 30.7 Å². The Morgan fingerprint density at radius 3 is 2.47 bits per heavy atom. The number of aromatic nitrogens is 1. The molecule has 0 spiro atoms. The van der Waals surface area contributed by atoms with Crippen molar-refractivity contribution in [2.24, 2.45) is 0 Å². The Hall–Kier alpha value is -2.03. The third-order valence-electron chi connectivity index (χ3n) is 3.54. The van der Waals surface area contributed by atoms with Crippen LogP contribution in [0.25, 0.3) is 0 Å². The van der Waals surface area contributed by atoms with Crippen LogP contribution in [0.3, 0.4) is 0 Å². The number of anilines is 2. The van der Waals surface area contributed by atoms with Crippen LogP contribution in [0.4, 0.5) is 11.4 Å². The number of benzene rings is 1. The zero-order valence-corrected chi connectivity index (χ0v) is 11.0. The predicted octanol–water partition coefficient (Wildman–Crippen LogP) is 3.29. The van der Waals surface area contributed by atoms with Gasteiger partial charge in [-0.15, -0.1) is 0 Å². The third kappa shape index (κ3) is 3.05. The van der Waals surface area contributed by atoms with Gasteiger partial charge in [0.25, 0.3) is 0 Å². The van der Waals surface area contributed by atoms with Gasteiger partial charge in [0.15, 0.2) is 0 Å². The fraction of sp³-hybridized carbons (Fsp3) is 0.312. The molecule has 1 aliphatic rings. The molecule has 0 aliphatic carbocycles. The third-order valence-corrected chi connectivity index (χ3v) is 3.54. The molecule has 19 heavy (non-hydrogen) atoms. The molecule has 3 nitrogen and oxygen atoms in total. The highest BCUT2D eigenvalue weighted by molar-refractivity contribution is 5.55. The number of nitrogens with one attached hydrogen (secondary N) is 1. The highest BCUT2D eigenvalue weighted by atomic mass is 15.1. The maximum Gasteiger partial charge on any atom is 0.0594 e. The SMILES string of the molecule is c1ccc(CNc2ccc(N3CCCC3)cc2)nc1. The van der Waals surface area contributed by atoms with Crippen molar-refractivity contribution < 1.29 is 0 Å². The molecular weight excluding hydrogens is 234 g/mol. The Bertz CT molecular complexity index is 501. The first-order valence-corrected chi connectivity index (χ1v) is 6.91. The van der Waals surface area contributed by atoms with Crippen LogP contribution in [-0.4, -0.2) is 18.1 Å². The second kappa shape index (κ2) is 5.74. The maximum atomic E-state index is 4.30. The largest absolute Gasteiger partial charge is 0.379 e. The molecule has 0 bridgehead atoms. The van der Waals surface area contributed by atoms with Crippen LogP contribution in [0.15, 0.2) is 48.7 Å². The Kier molecular flexibility index (Phi) is 3.63. The number of rotatable bonds is 4. The minimum absolute atomic E-state index is 0.768. The van der Waals surface area contributed by atoms with E-state index in [9.17, 15) is 0 Å². The van der Waals surface area contributed by atoms with Gasteiger partial charge in [-0.1, -0.05) is 6.07 Å². The average molecular weight is 253 g/mol. The van der Waals surface area contributed by atoms with Crippen LogP contribution in [0.1, 0.15) is 18.5 Å². The average Bonchev–Trinajstić information content (AvgIpc) is 3.01. The Morgan fingerprint density at radius 1 is 1.00 bits per heavy atom. The number of pyridine rings is 1. The van der Waals surface area contributed by atoms with Crippen molar-refractivity contribution in [3.05, 3.63) is 54.4 Å². The van der Waals surface area contributed by atoms with Crippen LogP contribution in [0.2, 0.25) is 0 Å². The van der Waals surface area contributed by atoms with Crippen LogP contribution in [0, 0.1) is 0 Å². The van der Waals surface area contributed by atoms with Crippen molar-refractivity contribution in [2.45, 2.75) is 19.4 Å². The molecule has 1 aromatic heterocycles. The van der Waals surface area contributed by atoms with Crippen molar-refractivity contribution in [3.8, 4) is 0 Å². The Labute approximate surface area is 114 Å². The molecule has 2 heterocycles. The molecule has 1 saturated heterocycles. The number of hydrogen-bond donors (Lipinski definition) is 1. The minimum Gasteiger partial charge on any atom is -0.379 e. The van der Waals surface area contributed by atoms with Gasteiger partial charge in [-0.25, -0.2) is 0 Å². The number of hydrogen-bond acceptors (Lipinski definition) is 3. The van der Waals surface area contributed by atoms with E-state index in [0.717, 1.165) is 17.9 Å². The van der Waals surface area contributed by atoms with Gasteiger partial charge in [0.05, 0.1) is 12.2 Å². The first-order valence-electron chi connectivity index (χ1n) is 6.91. The number of nitrogens with zero attached hydrogens (tertiary/aromatic N) is 2. The second-order valence-electron chi connectivity index (χ2n) is 4.92. The normalized spacial score (nSPS) is 14.6. The summed E-state index contributed by atoms with van der Waals surface area (Å²) in [5, 5.41) is 3.40. The van der Waals surface area contributed by atoms with Gasteiger partial charge >= 0.3 is 0 Å². The first kappa shape index (κ1) is 12.0. The summed E-state index contributed by atoms with van der Waals surface area (Å²) in [6, 6.07) is 14.7. The van der Waals surface area contributed by atoms with Gasteiger partial charge in [0.1, 0.15) is 0 Å². The fourth-order valence-electron chi connectivity index (χ4n) is 2.46. The fourth-order valence-corrected chi connectivity index (χ4v) is 2.46. The minimum atomic E-state index is 0.768. The van der Waals surface area contributed by atoms with E-state index in [1.807, 2.05) is 24.4 Å². The van der Waals surface area contributed by atoms with Crippen molar-refractivity contribution >= 4 is 11.4 Å². The summed E-state index contributed by atoms with van der Waals surface area (Å²) in [6.45, 7) is 3.16. The van der Waals surface area contributed by atoms with E-state index in [4.69, 9.17) is 0 Å². The van der Waals surface area contributed by atoms with Gasteiger partial charge in [0.2, 0.25) is 0 Å². The lowest BCUT2D eigenvalue weighted by molar-refractivity contribution is 0.949. The molecule has 1 aliphatic heterocycles. The molecule has 0 unspecified atom stereocenters. The first-order chi connectivity index (χ1) is 9.42. The smallest absolute Gasteiger partial charge is 0.0594 e. The molecule has 2 aromatic rings. The van der Waals surface area contributed by atoms with E-state index >= 15 is 0 Å². The lowest BCUT2D eigenvalue weighted by atomic mass is 10.2. The van der Waals surface area contributed by atoms with Crippen LogP contribution >= 0.6 is 0 Å². The second-order valence-corrected chi connectivity index (χ2v) is 4.92. The monoisotopic (exact) mass is 253 g/mol. The molecule has 1 fully saturated rings. The molecule has 0 atom stereocenters. The van der Waals surface area contributed by atoms with Crippen LogP contribution in [0.5, 0.6) is 0 Å². The maximum absolute atomic E-state index is 4.30. The molecule has 3 rings (SSSR count). The summed E-state index contributed by atoms with van der Waals surface area (Å²) in [7, 11) is 0. The van der Waals surface area contributed by atoms with E-state index in [1.54, 1.807) is 0 Å². The standard InChI is InChI=1S/C16H19N3/c1-2-10-17-15(5-1)13-18-14-6-8-16(9-7-14)19-11-3-4-12-19/h1-2,5-10,18H,3-4,11-13H2. The lowest BCUT2D eigenvalue weighted by Gasteiger charge is -2.17.